The van der Waals surface area contributed by atoms with E-state index in [2.05, 4.69) is 31.9 Å². The number of hydrogen-bond donors (Lipinski definition) is 7. The molecule has 0 aliphatic carbocycles. The summed E-state index contributed by atoms with van der Waals surface area (Å²) in [4.78, 5) is 104. The monoisotopic (exact) mass is 994 g/mol. The van der Waals surface area contributed by atoms with Crippen molar-refractivity contribution in [1.82, 2.24) is 31.9 Å². The van der Waals surface area contributed by atoms with E-state index in [0.29, 0.717) is 16.3 Å². The van der Waals surface area contributed by atoms with Crippen molar-refractivity contribution in [2.75, 3.05) is 13.7 Å². The number of carboxylic acid groups (broad SMARTS) is 1. The molecule has 7 N–H and O–H groups in total. The number of esters is 1. The molecular formula is C51H71ClN6O12. The molecule has 0 saturated carbocycles. The average Bonchev–Trinajstić information content (AvgIpc) is 4.08. The van der Waals surface area contributed by atoms with Gasteiger partial charge in [0.1, 0.15) is 42.1 Å². The Balaban J connectivity index is 1.45. The number of carbonyl (C=O) groups excluding carboxylic acids is 7. The molecule has 2 heterocycles. The fourth-order valence-electron chi connectivity index (χ4n) is 7.80. The van der Waals surface area contributed by atoms with Crippen molar-refractivity contribution in [2.45, 2.75) is 150 Å². The first-order chi connectivity index (χ1) is 32.8. The largest absolute Gasteiger partial charge is 0.495 e. The van der Waals surface area contributed by atoms with Gasteiger partial charge in [0, 0.05) is 44.7 Å². The molecule has 0 unspecified atom stereocenters. The maximum absolute atomic E-state index is 14.1. The summed E-state index contributed by atoms with van der Waals surface area (Å²) in [6, 6.07) is 8.57. The second-order valence-corrected chi connectivity index (χ2v) is 20.8. The number of nitrogens with one attached hydrogen (secondary N) is 6. The van der Waals surface area contributed by atoms with Gasteiger partial charge in [-0.15, -0.1) is 0 Å². The molecule has 0 bridgehead atoms. The molecule has 70 heavy (non-hydrogen) atoms. The van der Waals surface area contributed by atoms with Gasteiger partial charge in [0.05, 0.1) is 23.7 Å². The smallest absolute Gasteiger partial charge is 0.328 e. The number of epoxide rings is 1. The van der Waals surface area contributed by atoms with Gasteiger partial charge in [-0.2, -0.15) is 0 Å². The molecule has 1 fully saturated rings. The molecule has 6 amide bonds. The van der Waals surface area contributed by atoms with Crippen LogP contribution in [0.5, 0.6) is 5.75 Å². The number of aliphatic carboxylic acids is 1. The summed E-state index contributed by atoms with van der Waals surface area (Å²) in [7, 11) is 1.49. The van der Waals surface area contributed by atoms with Crippen molar-refractivity contribution >= 4 is 59.0 Å². The van der Waals surface area contributed by atoms with E-state index in [0.717, 1.165) is 11.1 Å². The van der Waals surface area contributed by atoms with Crippen LogP contribution in [0.15, 0.2) is 54.6 Å². The number of carboxylic acids is 1. The van der Waals surface area contributed by atoms with Gasteiger partial charge in [0.15, 0.2) is 0 Å². The predicted molar refractivity (Wildman–Crippen MR) is 261 cm³/mol. The lowest BCUT2D eigenvalue weighted by molar-refractivity contribution is -0.157. The van der Waals surface area contributed by atoms with E-state index in [9.17, 15) is 38.4 Å². The molecule has 4 rings (SSSR count). The summed E-state index contributed by atoms with van der Waals surface area (Å²) >= 11 is 6.38. The summed E-state index contributed by atoms with van der Waals surface area (Å²) in [6.45, 7) is 16.1. The van der Waals surface area contributed by atoms with E-state index in [1.807, 2.05) is 52.0 Å². The summed E-state index contributed by atoms with van der Waals surface area (Å²) in [6.07, 6.45) is 1.72. The number of carbonyl (C=O) groups is 8. The normalized spacial score (nSPS) is 22.3. The number of ether oxygens (including phenoxy) is 3. The lowest BCUT2D eigenvalue weighted by Crippen LogP contribution is -2.54. The van der Waals surface area contributed by atoms with E-state index >= 15 is 0 Å². The van der Waals surface area contributed by atoms with Crippen LogP contribution in [0.2, 0.25) is 5.02 Å². The Kier molecular flexibility index (Phi) is 20.4. The third-order valence-corrected chi connectivity index (χ3v) is 12.4. The Morgan fingerprint density at radius 3 is 2.20 bits per heavy atom. The minimum atomic E-state index is -1.17. The zero-order valence-corrected chi connectivity index (χ0v) is 42.6. The van der Waals surface area contributed by atoms with Crippen LogP contribution < -0.4 is 36.6 Å². The van der Waals surface area contributed by atoms with Gasteiger partial charge in [0.2, 0.25) is 35.4 Å². The molecular weight excluding hydrogens is 924 g/mol. The summed E-state index contributed by atoms with van der Waals surface area (Å²) in [5.74, 6) is -4.88. The van der Waals surface area contributed by atoms with E-state index < -0.39 is 94.4 Å². The number of hydrogen-bond acceptors (Lipinski definition) is 11. The van der Waals surface area contributed by atoms with Gasteiger partial charge in [-0.05, 0) is 79.8 Å². The molecule has 18 nitrogen and oxygen atoms in total. The Morgan fingerprint density at radius 2 is 1.59 bits per heavy atom. The Morgan fingerprint density at radius 1 is 0.914 bits per heavy atom. The maximum atomic E-state index is 14.1. The number of methoxy groups -OCH3 is 1. The highest BCUT2D eigenvalue weighted by atomic mass is 35.5. The van der Waals surface area contributed by atoms with Crippen LogP contribution in [-0.2, 0) is 60.8 Å². The first kappa shape index (κ1) is 56.6. The minimum absolute atomic E-state index is 0.0478. The van der Waals surface area contributed by atoms with Crippen molar-refractivity contribution in [3.8, 4) is 5.75 Å². The second-order valence-electron chi connectivity index (χ2n) is 20.3. The molecule has 2 aromatic rings. The molecule has 0 radical (unpaired) electrons. The standard InChI is InChI=1S/C51H71ClN6O12/c1-28(2)42(58-40(60)15-12-16-41(61)62)47(65)55-30(4)45(63)53-26-31-17-20-33(21-18-31)44-43(70-44)29(3)37-13-11-14-39(59)56-35(24-32-19-22-38(68-10)34(52)23-32)46(64)54-27-51(8,9)49(67)57-36(48(66)69-37)25-50(5,6)7/h11,14,17-23,28-30,35-37,42-44H,12-13,15-16,24-27H2,1-10H3,(H,53,63)(H,54,64)(H,55,65)(H,56,59)(H,57,67)(H,58,60)(H,61,62)/t29-,30-,35+,36-,37-,42-,43+,44+/m0/s1. The van der Waals surface area contributed by atoms with Crippen LogP contribution in [0, 0.1) is 22.7 Å². The first-order valence-electron chi connectivity index (χ1n) is 23.7. The number of amides is 6. The van der Waals surface area contributed by atoms with Crippen LogP contribution in [0.3, 0.4) is 0 Å². The Bertz CT molecular complexity index is 2240. The summed E-state index contributed by atoms with van der Waals surface area (Å²) in [5, 5.41) is 25.8. The van der Waals surface area contributed by atoms with Crippen LogP contribution >= 0.6 is 11.6 Å². The highest BCUT2D eigenvalue weighted by molar-refractivity contribution is 6.32. The van der Waals surface area contributed by atoms with Gasteiger partial charge < -0.3 is 51.2 Å². The lowest BCUT2D eigenvalue weighted by Gasteiger charge is -2.32. The fraction of sp³-hybridized carbons (Fsp3) is 0.569. The first-order valence-corrected chi connectivity index (χ1v) is 24.1. The number of rotatable bonds is 18. The van der Waals surface area contributed by atoms with Crippen LogP contribution in [0.25, 0.3) is 0 Å². The highest BCUT2D eigenvalue weighted by Gasteiger charge is 2.48. The highest BCUT2D eigenvalue weighted by Crippen LogP contribution is 2.45. The van der Waals surface area contributed by atoms with Crippen molar-refractivity contribution < 1.29 is 57.7 Å². The third-order valence-electron chi connectivity index (χ3n) is 12.1. The maximum Gasteiger partial charge on any atom is 0.328 e. The molecule has 2 aliphatic rings. The van der Waals surface area contributed by atoms with E-state index in [1.54, 1.807) is 52.0 Å². The van der Waals surface area contributed by atoms with Gasteiger partial charge in [-0.3, -0.25) is 33.6 Å². The third kappa shape index (κ3) is 17.4. The van der Waals surface area contributed by atoms with Crippen molar-refractivity contribution in [1.29, 1.82) is 0 Å². The van der Waals surface area contributed by atoms with Crippen molar-refractivity contribution in [3.05, 3.63) is 76.3 Å². The number of benzene rings is 2. The average molecular weight is 996 g/mol. The van der Waals surface area contributed by atoms with Gasteiger partial charge in [-0.25, -0.2) is 4.79 Å². The van der Waals surface area contributed by atoms with Crippen LogP contribution in [0.1, 0.15) is 117 Å². The molecule has 8 atom stereocenters. The molecule has 2 aromatic carbocycles. The van der Waals surface area contributed by atoms with Gasteiger partial charge in [-0.1, -0.05) is 89.6 Å². The Labute approximate surface area is 415 Å². The minimum Gasteiger partial charge on any atom is -0.495 e. The zero-order chi connectivity index (χ0) is 52.1. The van der Waals surface area contributed by atoms with Crippen LogP contribution in [0.4, 0.5) is 0 Å². The van der Waals surface area contributed by atoms with Crippen molar-refractivity contribution in [3.63, 3.8) is 0 Å². The number of cyclic esters (lactones) is 1. The quantitative estimate of drug-likeness (QED) is 0.0799. The summed E-state index contributed by atoms with van der Waals surface area (Å²) in [5.41, 5.74) is 0.704. The Hall–Kier alpha value is -6.01. The molecule has 19 heteroatoms. The lowest BCUT2D eigenvalue weighted by atomic mass is 9.86. The molecule has 384 valence electrons. The van der Waals surface area contributed by atoms with Crippen LogP contribution in [-0.4, -0.2) is 103 Å². The van der Waals surface area contributed by atoms with E-state index in [1.165, 1.54) is 20.1 Å². The van der Waals surface area contributed by atoms with Gasteiger partial charge in [0.25, 0.3) is 0 Å². The topological polar surface area (TPSA) is 260 Å². The SMILES string of the molecule is COc1ccc(C[C@H]2NC(=O)C=CC[C@@H]([C@H](C)[C@H]3O[C@@H]3c3ccc(CNC(=O)[C@H](C)NC(=O)[C@@H](NC(=O)CCCC(=O)O)C(C)C)cc3)OC(=O)[C@H](CC(C)(C)C)NC(=O)C(C)(C)CNC2=O)cc1Cl. The summed E-state index contributed by atoms with van der Waals surface area (Å²) < 4.78 is 17.7. The fourth-order valence-corrected chi connectivity index (χ4v) is 8.08. The number of halogens is 1. The van der Waals surface area contributed by atoms with Crippen molar-refractivity contribution in [2.24, 2.45) is 22.7 Å². The molecule has 0 spiro atoms. The molecule has 1 saturated heterocycles. The zero-order valence-electron chi connectivity index (χ0n) is 41.9. The molecule has 0 aromatic heterocycles. The van der Waals surface area contributed by atoms with E-state index in [4.69, 9.17) is 30.9 Å². The second kappa shape index (κ2) is 25.2. The molecule has 2 aliphatic heterocycles. The predicted octanol–water partition coefficient (Wildman–Crippen LogP) is 4.60. The van der Waals surface area contributed by atoms with E-state index in [-0.39, 0.29) is 69.7 Å². The van der Waals surface area contributed by atoms with Gasteiger partial charge >= 0.3 is 11.9 Å².